The van der Waals surface area contributed by atoms with Gasteiger partial charge in [0.05, 0.1) is 18.3 Å². The van der Waals surface area contributed by atoms with E-state index >= 15 is 0 Å². The number of hydrogen-bond acceptors (Lipinski definition) is 4. The highest BCUT2D eigenvalue weighted by Gasteiger charge is 2.07. The van der Waals surface area contributed by atoms with E-state index in [4.69, 9.17) is 27.9 Å². The van der Waals surface area contributed by atoms with E-state index in [9.17, 15) is 9.90 Å². The van der Waals surface area contributed by atoms with Crippen molar-refractivity contribution < 1.29 is 14.6 Å². The van der Waals surface area contributed by atoms with Crippen LogP contribution in [-0.2, 0) is 0 Å². The Morgan fingerprint density at radius 3 is 2.59 bits per heavy atom. The summed E-state index contributed by atoms with van der Waals surface area (Å²) in [5, 5.41) is 14.0. The number of hydrogen-bond donors (Lipinski definition) is 2. The van der Waals surface area contributed by atoms with Crippen LogP contribution in [0.1, 0.15) is 15.9 Å². The highest BCUT2D eigenvalue weighted by atomic mass is 35.5. The topological polar surface area (TPSA) is 70.9 Å². The number of nitrogens with zero attached hydrogens (tertiary/aromatic N) is 1. The molecule has 2 aromatic rings. The van der Waals surface area contributed by atoms with Crippen LogP contribution in [0.15, 0.2) is 41.5 Å². The number of rotatable bonds is 4. The summed E-state index contributed by atoms with van der Waals surface area (Å²) in [4.78, 5) is 11.9. The number of hydrazone groups is 1. The molecule has 0 unspecified atom stereocenters. The van der Waals surface area contributed by atoms with Gasteiger partial charge in [-0.3, -0.25) is 4.79 Å². The number of benzene rings is 2. The van der Waals surface area contributed by atoms with Crippen LogP contribution >= 0.6 is 23.2 Å². The predicted octanol–water partition coefficient (Wildman–Crippen LogP) is 3.47. The minimum absolute atomic E-state index is 0.107. The van der Waals surface area contributed by atoms with E-state index in [1.807, 2.05) is 0 Å². The minimum atomic E-state index is -0.397. The number of methoxy groups -OCH3 is 1. The monoisotopic (exact) mass is 338 g/mol. The third-order valence-corrected chi connectivity index (χ3v) is 3.29. The molecule has 0 aliphatic heterocycles. The van der Waals surface area contributed by atoms with E-state index in [1.165, 1.54) is 18.3 Å². The Morgan fingerprint density at radius 2 is 1.95 bits per heavy atom. The zero-order valence-corrected chi connectivity index (χ0v) is 13.0. The maximum absolute atomic E-state index is 11.9. The van der Waals surface area contributed by atoms with E-state index in [-0.39, 0.29) is 10.8 Å². The molecule has 5 nitrogen and oxygen atoms in total. The van der Waals surface area contributed by atoms with Gasteiger partial charge in [0.25, 0.3) is 5.91 Å². The number of phenolic OH excluding ortho intramolecular Hbond substituents is 1. The molecule has 2 N–H and O–H groups in total. The lowest BCUT2D eigenvalue weighted by Crippen LogP contribution is -2.17. The molecule has 2 rings (SSSR count). The van der Waals surface area contributed by atoms with E-state index in [0.717, 1.165) is 0 Å². The first-order chi connectivity index (χ1) is 10.5. The van der Waals surface area contributed by atoms with Crippen molar-refractivity contribution in [1.29, 1.82) is 0 Å². The van der Waals surface area contributed by atoms with Gasteiger partial charge in [0, 0.05) is 16.1 Å². The predicted molar refractivity (Wildman–Crippen MR) is 86.2 cm³/mol. The van der Waals surface area contributed by atoms with Gasteiger partial charge in [0.1, 0.15) is 11.5 Å². The standard InChI is InChI=1S/C15H12Cl2N2O3/c1-22-12-4-2-9(3-5-12)15(21)19-18-8-10-6-11(16)7-13(17)14(10)20/h2-8,20H,1H3,(H,19,21). The highest BCUT2D eigenvalue weighted by Crippen LogP contribution is 2.29. The molecule has 0 bridgehead atoms. The highest BCUT2D eigenvalue weighted by molar-refractivity contribution is 6.36. The van der Waals surface area contributed by atoms with Gasteiger partial charge in [-0.2, -0.15) is 5.10 Å². The molecule has 2 aromatic carbocycles. The third-order valence-electron chi connectivity index (χ3n) is 2.78. The first-order valence-corrected chi connectivity index (χ1v) is 6.92. The largest absolute Gasteiger partial charge is 0.506 e. The summed E-state index contributed by atoms with van der Waals surface area (Å²) in [7, 11) is 1.54. The Hall–Kier alpha value is -2.24. The van der Waals surface area contributed by atoms with Crippen LogP contribution in [0, 0.1) is 0 Å². The fourth-order valence-corrected chi connectivity index (χ4v) is 2.16. The summed E-state index contributed by atoms with van der Waals surface area (Å²) in [5.41, 5.74) is 3.06. The van der Waals surface area contributed by atoms with Gasteiger partial charge in [-0.1, -0.05) is 23.2 Å². The molecule has 0 aliphatic rings. The number of nitrogens with one attached hydrogen (secondary N) is 1. The number of phenols is 1. The summed E-state index contributed by atoms with van der Waals surface area (Å²) in [6.07, 6.45) is 1.26. The number of aromatic hydroxyl groups is 1. The average molecular weight is 339 g/mol. The molecular formula is C15H12Cl2N2O3. The normalized spacial score (nSPS) is 10.7. The van der Waals surface area contributed by atoms with Gasteiger partial charge >= 0.3 is 0 Å². The molecule has 114 valence electrons. The number of halogens is 2. The van der Waals surface area contributed by atoms with E-state index < -0.39 is 5.91 Å². The molecule has 0 radical (unpaired) electrons. The summed E-state index contributed by atoms with van der Waals surface area (Å²) in [5.74, 6) is 0.0959. The van der Waals surface area contributed by atoms with Crippen LogP contribution in [0.25, 0.3) is 0 Å². The van der Waals surface area contributed by atoms with Crippen molar-refractivity contribution in [2.24, 2.45) is 5.10 Å². The zero-order valence-electron chi connectivity index (χ0n) is 11.5. The van der Waals surface area contributed by atoms with Crippen molar-refractivity contribution >= 4 is 35.3 Å². The maximum atomic E-state index is 11.9. The van der Waals surface area contributed by atoms with Crippen molar-refractivity contribution in [3.05, 3.63) is 57.6 Å². The Bertz CT molecular complexity index is 715. The van der Waals surface area contributed by atoms with Gasteiger partial charge in [-0.15, -0.1) is 0 Å². The zero-order chi connectivity index (χ0) is 16.1. The van der Waals surface area contributed by atoms with E-state index in [1.54, 1.807) is 31.4 Å². The maximum Gasteiger partial charge on any atom is 0.271 e. The number of carbonyl (C=O) groups is 1. The van der Waals surface area contributed by atoms with E-state index in [0.29, 0.717) is 21.9 Å². The second-order valence-electron chi connectivity index (χ2n) is 4.25. The van der Waals surface area contributed by atoms with Crippen molar-refractivity contribution in [2.75, 3.05) is 7.11 Å². The lowest BCUT2D eigenvalue weighted by molar-refractivity contribution is 0.0955. The molecule has 0 spiro atoms. The SMILES string of the molecule is COc1ccc(C(=O)NN=Cc2cc(Cl)cc(Cl)c2O)cc1. The first-order valence-electron chi connectivity index (χ1n) is 6.16. The second-order valence-corrected chi connectivity index (χ2v) is 5.10. The fraction of sp³-hybridized carbons (Fsp3) is 0.0667. The molecular weight excluding hydrogens is 327 g/mol. The average Bonchev–Trinajstić information content (AvgIpc) is 2.51. The first kappa shape index (κ1) is 16.1. The summed E-state index contributed by atoms with van der Waals surface area (Å²) in [6.45, 7) is 0. The molecule has 0 saturated carbocycles. The molecule has 0 atom stereocenters. The van der Waals surface area contributed by atoms with Crippen molar-refractivity contribution in [2.45, 2.75) is 0 Å². The van der Waals surface area contributed by atoms with Crippen molar-refractivity contribution in [3.63, 3.8) is 0 Å². The van der Waals surface area contributed by atoms with Crippen LogP contribution < -0.4 is 10.2 Å². The van der Waals surface area contributed by atoms with Gasteiger partial charge in [0.15, 0.2) is 0 Å². The lowest BCUT2D eigenvalue weighted by Gasteiger charge is -2.03. The van der Waals surface area contributed by atoms with Gasteiger partial charge in [-0.25, -0.2) is 5.43 Å². The molecule has 0 aliphatic carbocycles. The smallest absolute Gasteiger partial charge is 0.271 e. The van der Waals surface area contributed by atoms with Crippen LogP contribution in [0.2, 0.25) is 10.0 Å². The fourth-order valence-electron chi connectivity index (χ4n) is 1.65. The number of ether oxygens (including phenoxy) is 1. The Labute approximate surface area is 137 Å². The summed E-state index contributed by atoms with van der Waals surface area (Å²) in [6, 6.07) is 9.44. The van der Waals surface area contributed by atoms with Crippen LogP contribution in [0.3, 0.4) is 0 Å². The summed E-state index contributed by atoms with van der Waals surface area (Å²) < 4.78 is 5.01. The quantitative estimate of drug-likeness (QED) is 0.662. The Kier molecular flexibility index (Phi) is 5.25. The minimum Gasteiger partial charge on any atom is -0.506 e. The molecule has 1 amide bonds. The molecule has 7 heteroatoms. The third kappa shape index (κ3) is 3.90. The van der Waals surface area contributed by atoms with Gasteiger partial charge in [-0.05, 0) is 36.4 Å². The molecule has 0 fully saturated rings. The van der Waals surface area contributed by atoms with Gasteiger partial charge < -0.3 is 9.84 Å². The molecule has 22 heavy (non-hydrogen) atoms. The molecule has 0 heterocycles. The van der Waals surface area contributed by atoms with E-state index in [2.05, 4.69) is 10.5 Å². The lowest BCUT2D eigenvalue weighted by atomic mass is 10.2. The van der Waals surface area contributed by atoms with Crippen LogP contribution in [0.4, 0.5) is 0 Å². The molecule has 0 saturated heterocycles. The van der Waals surface area contributed by atoms with Crippen molar-refractivity contribution in [3.8, 4) is 11.5 Å². The van der Waals surface area contributed by atoms with Crippen molar-refractivity contribution in [1.82, 2.24) is 5.43 Å². The second kappa shape index (κ2) is 7.15. The van der Waals surface area contributed by atoms with Gasteiger partial charge in [0.2, 0.25) is 0 Å². The summed E-state index contributed by atoms with van der Waals surface area (Å²) >= 11 is 11.6. The van der Waals surface area contributed by atoms with Crippen LogP contribution in [0.5, 0.6) is 11.5 Å². The molecule has 0 aromatic heterocycles. The number of carbonyl (C=O) groups excluding carboxylic acids is 1. The number of amides is 1. The Balaban J connectivity index is 2.07. The van der Waals surface area contributed by atoms with Crippen LogP contribution in [-0.4, -0.2) is 24.3 Å². The Morgan fingerprint density at radius 1 is 1.27 bits per heavy atom.